The molecule has 1 aromatic heterocycles. The van der Waals surface area contributed by atoms with E-state index in [2.05, 4.69) is 5.32 Å². The molecule has 0 saturated carbocycles. The van der Waals surface area contributed by atoms with E-state index in [1.165, 1.54) is 0 Å². The average Bonchev–Trinajstić information content (AvgIpc) is 2.53. The Labute approximate surface area is 128 Å². The summed E-state index contributed by atoms with van der Waals surface area (Å²) < 4.78 is 16.4. The van der Waals surface area contributed by atoms with E-state index in [9.17, 15) is 0 Å². The van der Waals surface area contributed by atoms with Gasteiger partial charge >= 0.3 is 0 Å². The quantitative estimate of drug-likeness (QED) is 0.944. The third kappa shape index (κ3) is 2.17. The van der Waals surface area contributed by atoms with Crippen LogP contribution in [-0.4, -0.2) is 32.9 Å². The number of hydrogen-bond donors (Lipinski definition) is 1. The van der Waals surface area contributed by atoms with Crippen molar-refractivity contribution < 1.29 is 14.2 Å². The summed E-state index contributed by atoms with van der Waals surface area (Å²) in [5.74, 6) is 1.22. The number of pyridine rings is 1. The van der Waals surface area contributed by atoms with Gasteiger partial charge in [0, 0.05) is 30.5 Å². The summed E-state index contributed by atoms with van der Waals surface area (Å²) in [5, 5.41) is 4.56. The minimum absolute atomic E-state index is 0.526. The Kier molecular flexibility index (Phi) is 3.78. The standard InChI is InChI=1S/C15H17ClN2O3/c1-17-14-8-7-21-5-4-9(8)18-15-11(20-3)6-10(19-2)13(16)12(14)15/h6H,4-5,7H2,1-3H3,(H,17,18). The molecule has 0 bridgehead atoms. The maximum Gasteiger partial charge on any atom is 0.148 e. The highest BCUT2D eigenvalue weighted by molar-refractivity contribution is 6.38. The van der Waals surface area contributed by atoms with Crippen LogP contribution >= 0.6 is 11.6 Å². The van der Waals surface area contributed by atoms with Gasteiger partial charge in [-0.2, -0.15) is 0 Å². The molecule has 0 fully saturated rings. The summed E-state index contributed by atoms with van der Waals surface area (Å²) in [7, 11) is 5.07. The summed E-state index contributed by atoms with van der Waals surface area (Å²) in [6.45, 7) is 1.21. The maximum absolute atomic E-state index is 6.50. The van der Waals surface area contributed by atoms with E-state index in [-0.39, 0.29) is 0 Å². The lowest BCUT2D eigenvalue weighted by molar-refractivity contribution is 0.110. The van der Waals surface area contributed by atoms with Gasteiger partial charge in [-0.15, -0.1) is 0 Å². The molecule has 3 rings (SSSR count). The molecule has 0 amide bonds. The normalized spacial score (nSPS) is 13.9. The molecule has 0 unspecified atom stereocenters. The van der Waals surface area contributed by atoms with Crippen molar-refractivity contribution in [1.29, 1.82) is 0 Å². The summed E-state index contributed by atoms with van der Waals surface area (Å²) in [6, 6.07) is 1.77. The summed E-state index contributed by atoms with van der Waals surface area (Å²) >= 11 is 6.50. The molecule has 0 spiro atoms. The Bertz CT molecular complexity index is 703. The van der Waals surface area contributed by atoms with Crippen LogP contribution in [0.25, 0.3) is 10.9 Å². The highest BCUT2D eigenvalue weighted by Gasteiger charge is 2.23. The third-order valence-corrected chi connectivity index (χ3v) is 4.11. The van der Waals surface area contributed by atoms with Gasteiger partial charge in [0.2, 0.25) is 0 Å². The minimum atomic E-state index is 0.526. The fourth-order valence-corrected chi connectivity index (χ4v) is 3.04. The van der Waals surface area contributed by atoms with Gasteiger partial charge in [0.25, 0.3) is 0 Å². The predicted octanol–water partition coefficient (Wildman–Crippen LogP) is 3.02. The molecule has 21 heavy (non-hydrogen) atoms. The fraction of sp³-hybridized carbons (Fsp3) is 0.400. The zero-order chi connectivity index (χ0) is 15.0. The van der Waals surface area contributed by atoms with Gasteiger partial charge in [0.15, 0.2) is 0 Å². The first-order valence-electron chi connectivity index (χ1n) is 6.72. The molecular formula is C15H17ClN2O3. The average molecular weight is 309 g/mol. The van der Waals surface area contributed by atoms with Gasteiger partial charge in [-0.25, -0.2) is 4.98 Å². The lowest BCUT2D eigenvalue weighted by atomic mass is 10.0. The van der Waals surface area contributed by atoms with Crippen molar-refractivity contribution in [3.05, 3.63) is 22.3 Å². The second-order valence-corrected chi connectivity index (χ2v) is 5.16. The van der Waals surface area contributed by atoms with Crippen LogP contribution in [-0.2, 0) is 17.8 Å². The first kappa shape index (κ1) is 14.2. The van der Waals surface area contributed by atoms with E-state index in [0.29, 0.717) is 29.7 Å². The molecule has 2 heterocycles. The zero-order valence-electron chi connectivity index (χ0n) is 12.2. The molecule has 0 atom stereocenters. The van der Waals surface area contributed by atoms with E-state index >= 15 is 0 Å². The molecule has 1 aromatic carbocycles. The van der Waals surface area contributed by atoms with Gasteiger partial charge in [-0.1, -0.05) is 11.6 Å². The van der Waals surface area contributed by atoms with Crippen molar-refractivity contribution >= 4 is 28.2 Å². The summed E-state index contributed by atoms with van der Waals surface area (Å²) in [5.41, 5.74) is 3.75. The van der Waals surface area contributed by atoms with E-state index in [1.54, 1.807) is 20.3 Å². The monoisotopic (exact) mass is 308 g/mol. The number of nitrogens with zero attached hydrogens (tertiary/aromatic N) is 1. The Morgan fingerprint density at radius 3 is 2.71 bits per heavy atom. The number of rotatable bonds is 3. The highest BCUT2D eigenvalue weighted by Crippen LogP contribution is 2.44. The van der Waals surface area contributed by atoms with E-state index in [0.717, 1.165) is 34.3 Å². The Morgan fingerprint density at radius 1 is 1.29 bits per heavy atom. The number of aromatic nitrogens is 1. The van der Waals surface area contributed by atoms with Crippen molar-refractivity contribution in [2.45, 2.75) is 13.0 Å². The molecule has 0 radical (unpaired) electrons. The number of hydrogen-bond acceptors (Lipinski definition) is 5. The van der Waals surface area contributed by atoms with Crippen LogP contribution in [0.5, 0.6) is 11.5 Å². The molecule has 6 heteroatoms. The van der Waals surface area contributed by atoms with Gasteiger partial charge in [-0.05, 0) is 0 Å². The summed E-state index contributed by atoms with van der Waals surface area (Å²) in [4.78, 5) is 4.75. The molecule has 2 aromatic rings. The van der Waals surface area contributed by atoms with Crippen LogP contribution in [0.2, 0.25) is 5.02 Å². The van der Waals surface area contributed by atoms with Crippen LogP contribution in [0.3, 0.4) is 0 Å². The van der Waals surface area contributed by atoms with Crippen molar-refractivity contribution in [2.75, 3.05) is 33.2 Å². The lowest BCUT2D eigenvalue weighted by Crippen LogP contribution is -2.15. The van der Waals surface area contributed by atoms with Crippen molar-refractivity contribution in [3.63, 3.8) is 0 Å². The minimum Gasteiger partial charge on any atom is -0.495 e. The Balaban J connectivity index is 2.44. The van der Waals surface area contributed by atoms with Crippen molar-refractivity contribution in [1.82, 2.24) is 4.98 Å². The van der Waals surface area contributed by atoms with Gasteiger partial charge in [-0.3, -0.25) is 0 Å². The largest absolute Gasteiger partial charge is 0.495 e. The smallest absolute Gasteiger partial charge is 0.148 e. The number of fused-ring (bicyclic) bond motifs is 2. The molecule has 1 aliphatic heterocycles. The Hall–Kier alpha value is -1.72. The van der Waals surface area contributed by atoms with E-state index in [1.807, 2.05) is 7.05 Å². The molecule has 0 aliphatic carbocycles. The topological polar surface area (TPSA) is 52.6 Å². The maximum atomic E-state index is 6.50. The van der Waals surface area contributed by atoms with Crippen LogP contribution in [0, 0.1) is 0 Å². The number of benzene rings is 1. The van der Waals surface area contributed by atoms with Gasteiger partial charge in [0.1, 0.15) is 17.0 Å². The predicted molar refractivity (Wildman–Crippen MR) is 82.8 cm³/mol. The van der Waals surface area contributed by atoms with E-state index in [4.69, 9.17) is 30.8 Å². The summed E-state index contributed by atoms with van der Waals surface area (Å²) in [6.07, 6.45) is 0.784. The second-order valence-electron chi connectivity index (χ2n) is 4.78. The number of nitrogens with one attached hydrogen (secondary N) is 1. The SMILES string of the molecule is CNc1c2c(nc3c(OC)cc(OC)c(Cl)c13)CCOC2. The molecule has 5 nitrogen and oxygen atoms in total. The van der Waals surface area contributed by atoms with Crippen LogP contribution in [0.15, 0.2) is 6.07 Å². The third-order valence-electron chi connectivity index (χ3n) is 3.73. The van der Waals surface area contributed by atoms with Crippen molar-refractivity contribution in [3.8, 4) is 11.5 Å². The highest BCUT2D eigenvalue weighted by atomic mass is 35.5. The number of methoxy groups -OCH3 is 2. The van der Waals surface area contributed by atoms with E-state index < -0.39 is 0 Å². The molecule has 1 N–H and O–H groups in total. The zero-order valence-corrected chi connectivity index (χ0v) is 13.0. The van der Waals surface area contributed by atoms with Crippen LogP contribution < -0.4 is 14.8 Å². The van der Waals surface area contributed by atoms with Gasteiger partial charge in [0.05, 0.1) is 43.8 Å². The Morgan fingerprint density at radius 2 is 2.05 bits per heavy atom. The number of ether oxygens (including phenoxy) is 3. The van der Waals surface area contributed by atoms with Crippen LogP contribution in [0.4, 0.5) is 5.69 Å². The molecule has 1 aliphatic rings. The van der Waals surface area contributed by atoms with Crippen LogP contribution in [0.1, 0.15) is 11.3 Å². The lowest BCUT2D eigenvalue weighted by Gasteiger charge is -2.22. The van der Waals surface area contributed by atoms with Gasteiger partial charge < -0.3 is 19.5 Å². The molecule has 0 saturated heterocycles. The fourth-order valence-electron chi connectivity index (χ4n) is 2.72. The van der Waals surface area contributed by atoms with Crippen molar-refractivity contribution in [2.24, 2.45) is 0 Å². The number of anilines is 1. The second kappa shape index (κ2) is 5.58. The molecule has 112 valence electrons. The number of halogens is 1. The molecular weight excluding hydrogens is 292 g/mol. The first-order chi connectivity index (χ1) is 10.2. The first-order valence-corrected chi connectivity index (χ1v) is 7.10.